The summed E-state index contributed by atoms with van der Waals surface area (Å²) in [6, 6.07) is 0.220. The van der Waals surface area contributed by atoms with Gasteiger partial charge in [0.25, 0.3) is 0 Å². The topological polar surface area (TPSA) is 46.3 Å². The summed E-state index contributed by atoms with van der Waals surface area (Å²) in [5.74, 6) is 0.992. The number of hydrogen-bond acceptors (Lipinski definition) is 2. The van der Waals surface area contributed by atoms with Crippen LogP contribution in [-0.4, -0.2) is 29.9 Å². The summed E-state index contributed by atoms with van der Waals surface area (Å²) in [6.07, 6.45) is 9.62. The van der Waals surface area contributed by atoms with E-state index < -0.39 is 0 Å². The standard InChI is InChI=1S/C13H24N2O.ClH/c14-12-7-8-15(10-12)13(16)9-11-5-3-1-2-4-6-11;/h11-12H,1-10,14H2;1H/t12-;/m0./s1. The van der Waals surface area contributed by atoms with Crippen LogP contribution in [0.4, 0.5) is 0 Å². The first kappa shape index (κ1) is 14.8. The Labute approximate surface area is 111 Å². The number of halogens is 1. The number of rotatable bonds is 2. The highest BCUT2D eigenvalue weighted by Gasteiger charge is 2.25. The molecule has 17 heavy (non-hydrogen) atoms. The second-order valence-corrected chi connectivity index (χ2v) is 5.45. The molecule has 1 aliphatic heterocycles. The van der Waals surface area contributed by atoms with E-state index in [0.29, 0.717) is 11.8 Å². The molecule has 1 heterocycles. The molecule has 0 aromatic heterocycles. The zero-order chi connectivity index (χ0) is 11.4. The smallest absolute Gasteiger partial charge is 0.222 e. The summed E-state index contributed by atoms with van der Waals surface area (Å²) in [4.78, 5) is 14.0. The van der Waals surface area contributed by atoms with Crippen molar-refractivity contribution in [3.8, 4) is 0 Å². The minimum absolute atomic E-state index is 0. The predicted octanol–water partition coefficient (Wildman–Crippen LogP) is 2.33. The number of likely N-dealkylation sites (tertiary alicyclic amines) is 1. The number of carbonyl (C=O) groups excluding carboxylic acids is 1. The van der Waals surface area contributed by atoms with Gasteiger partial charge in [-0.15, -0.1) is 12.4 Å². The van der Waals surface area contributed by atoms with Crippen LogP contribution in [0, 0.1) is 5.92 Å². The fourth-order valence-electron chi connectivity index (χ4n) is 2.96. The molecule has 2 fully saturated rings. The molecule has 1 saturated heterocycles. The van der Waals surface area contributed by atoms with Crippen molar-refractivity contribution in [3.05, 3.63) is 0 Å². The highest BCUT2D eigenvalue weighted by Crippen LogP contribution is 2.26. The van der Waals surface area contributed by atoms with E-state index in [9.17, 15) is 4.79 Å². The van der Waals surface area contributed by atoms with Crippen LogP contribution in [0.5, 0.6) is 0 Å². The molecule has 2 aliphatic rings. The number of nitrogens with zero attached hydrogens (tertiary/aromatic N) is 1. The van der Waals surface area contributed by atoms with E-state index in [1.807, 2.05) is 4.90 Å². The first-order valence-electron chi connectivity index (χ1n) is 6.79. The summed E-state index contributed by atoms with van der Waals surface area (Å²) in [5.41, 5.74) is 5.83. The maximum atomic E-state index is 12.0. The van der Waals surface area contributed by atoms with E-state index in [0.717, 1.165) is 25.9 Å². The highest BCUT2D eigenvalue weighted by molar-refractivity contribution is 5.85. The molecule has 0 radical (unpaired) electrons. The Kier molecular flexibility index (Phi) is 6.28. The van der Waals surface area contributed by atoms with Gasteiger partial charge in [0.2, 0.25) is 5.91 Å². The minimum Gasteiger partial charge on any atom is -0.341 e. The number of carbonyl (C=O) groups is 1. The fraction of sp³-hybridized carbons (Fsp3) is 0.923. The van der Waals surface area contributed by atoms with Gasteiger partial charge in [0.15, 0.2) is 0 Å². The summed E-state index contributed by atoms with van der Waals surface area (Å²) in [7, 11) is 0. The summed E-state index contributed by atoms with van der Waals surface area (Å²) in [6.45, 7) is 1.66. The van der Waals surface area contributed by atoms with Crippen LogP contribution in [0.3, 0.4) is 0 Å². The third-order valence-electron chi connectivity index (χ3n) is 4.02. The van der Waals surface area contributed by atoms with Crippen molar-refractivity contribution in [2.75, 3.05) is 13.1 Å². The van der Waals surface area contributed by atoms with Crippen LogP contribution in [0.25, 0.3) is 0 Å². The molecular formula is C13H25ClN2O. The van der Waals surface area contributed by atoms with E-state index in [-0.39, 0.29) is 18.4 Å². The normalized spacial score (nSPS) is 26.4. The van der Waals surface area contributed by atoms with E-state index in [1.165, 1.54) is 38.5 Å². The van der Waals surface area contributed by atoms with Crippen LogP contribution in [0.2, 0.25) is 0 Å². The number of hydrogen-bond donors (Lipinski definition) is 1. The lowest BCUT2D eigenvalue weighted by Gasteiger charge is -2.20. The minimum atomic E-state index is 0. The summed E-state index contributed by atoms with van der Waals surface area (Å²) < 4.78 is 0. The number of nitrogens with two attached hydrogens (primary N) is 1. The van der Waals surface area contributed by atoms with Crippen molar-refractivity contribution in [2.45, 2.75) is 57.4 Å². The van der Waals surface area contributed by atoms with Gasteiger partial charge in [0, 0.05) is 25.6 Å². The van der Waals surface area contributed by atoms with Gasteiger partial charge in [-0.3, -0.25) is 4.79 Å². The zero-order valence-corrected chi connectivity index (χ0v) is 11.4. The Balaban J connectivity index is 0.00000144. The molecule has 1 saturated carbocycles. The molecule has 0 spiro atoms. The maximum Gasteiger partial charge on any atom is 0.222 e. The summed E-state index contributed by atoms with van der Waals surface area (Å²) in [5, 5.41) is 0. The van der Waals surface area contributed by atoms with Crippen LogP contribution in [-0.2, 0) is 4.79 Å². The lowest BCUT2D eigenvalue weighted by molar-refractivity contribution is -0.131. The monoisotopic (exact) mass is 260 g/mol. The van der Waals surface area contributed by atoms with Crippen molar-refractivity contribution in [3.63, 3.8) is 0 Å². The van der Waals surface area contributed by atoms with Gasteiger partial charge in [-0.1, -0.05) is 25.7 Å². The Morgan fingerprint density at radius 1 is 1.12 bits per heavy atom. The van der Waals surface area contributed by atoms with Crippen molar-refractivity contribution < 1.29 is 4.79 Å². The lowest BCUT2D eigenvalue weighted by atomic mass is 9.96. The van der Waals surface area contributed by atoms with Crippen molar-refractivity contribution >= 4 is 18.3 Å². The lowest BCUT2D eigenvalue weighted by Crippen LogP contribution is -2.32. The second-order valence-electron chi connectivity index (χ2n) is 5.45. The Bertz CT molecular complexity index is 240. The summed E-state index contributed by atoms with van der Waals surface area (Å²) >= 11 is 0. The van der Waals surface area contributed by atoms with Crippen LogP contribution < -0.4 is 5.73 Å². The molecule has 0 aromatic carbocycles. The Morgan fingerprint density at radius 2 is 1.76 bits per heavy atom. The van der Waals surface area contributed by atoms with Crippen LogP contribution in [0.15, 0.2) is 0 Å². The molecule has 1 atom stereocenters. The molecule has 1 aliphatic carbocycles. The fourth-order valence-corrected chi connectivity index (χ4v) is 2.96. The molecule has 3 nitrogen and oxygen atoms in total. The van der Waals surface area contributed by atoms with Gasteiger partial charge in [0.05, 0.1) is 0 Å². The average molecular weight is 261 g/mol. The molecule has 2 rings (SSSR count). The number of amides is 1. The van der Waals surface area contributed by atoms with Gasteiger partial charge >= 0.3 is 0 Å². The van der Waals surface area contributed by atoms with Gasteiger partial charge in [-0.2, -0.15) is 0 Å². The van der Waals surface area contributed by atoms with E-state index in [4.69, 9.17) is 5.73 Å². The molecule has 100 valence electrons. The van der Waals surface area contributed by atoms with Crippen molar-refractivity contribution in [1.29, 1.82) is 0 Å². The van der Waals surface area contributed by atoms with Crippen molar-refractivity contribution in [2.24, 2.45) is 11.7 Å². The van der Waals surface area contributed by atoms with E-state index in [1.54, 1.807) is 0 Å². The maximum absolute atomic E-state index is 12.0. The molecule has 0 bridgehead atoms. The quantitative estimate of drug-likeness (QED) is 0.775. The Hall–Kier alpha value is -0.280. The first-order chi connectivity index (χ1) is 7.75. The van der Waals surface area contributed by atoms with Gasteiger partial charge in [0.1, 0.15) is 0 Å². The highest BCUT2D eigenvalue weighted by atomic mass is 35.5. The van der Waals surface area contributed by atoms with E-state index in [2.05, 4.69) is 0 Å². The molecule has 4 heteroatoms. The largest absolute Gasteiger partial charge is 0.341 e. The zero-order valence-electron chi connectivity index (χ0n) is 10.6. The predicted molar refractivity (Wildman–Crippen MR) is 72.2 cm³/mol. The third kappa shape index (κ3) is 4.47. The average Bonchev–Trinajstić information content (AvgIpc) is 2.54. The van der Waals surface area contributed by atoms with Gasteiger partial charge in [-0.25, -0.2) is 0 Å². The molecule has 0 unspecified atom stereocenters. The van der Waals surface area contributed by atoms with Gasteiger partial charge in [-0.05, 0) is 25.2 Å². The second kappa shape index (κ2) is 7.22. The van der Waals surface area contributed by atoms with Crippen LogP contribution >= 0.6 is 12.4 Å². The SMILES string of the molecule is Cl.N[C@H]1CCN(C(=O)CC2CCCCCC2)C1. The first-order valence-corrected chi connectivity index (χ1v) is 6.79. The van der Waals surface area contributed by atoms with Gasteiger partial charge < -0.3 is 10.6 Å². The Morgan fingerprint density at radius 3 is 2.29 bits per heavy atom. The third-order valence-corrected chi connectivity index (χ3v) is 4.02. The molecule has 2 N–H and O–H groups in total. The van der Waals surface area contributed by atoms with Crippen LogP contribution in [0.1, 0.15) is 51.4 Å². The van der Waals surface area contributed by atoms with E-state index >= 15 is 0 Å². The molecular weight excluding hydrogens is 236 g/mol. The van der Waals surface area contributed by atoms with Crippen molar-refractivity contribution in [1.82, 2.24) is 4.90 Å². The molecule has 1 amide bonds. The molecule has 0 aromatic rings.